The summed E-state index contributed by atoms with van der Waals surface area (Å²) in [6.07, 6.45) is 6.49. The molecule has 0 fully saturated rings. The number of carboxylic acid groups (broad SMARTS) is 1. The maximum absolute atomic E-state index is 13.3. The smallest absolute Gasteiger partial charge is 0.545 e. The van der Waals surface area contributed by atoms with E-state index in [1.807, 2.05) is 30.0 Å². The van der Waals surface area contributed by atoms with Crippen LogP contribution < -0.4 is 49.2 Å². The largest absolute Gasteiger partial charge is 1.00 e. The average Bonchev–Trinajstić information content (AvgIpc) is 3.32. The molecule has 1 aromatic carbocycles. The Bertz CT molecular complexity index is 1300. The number of hydrogen-bond donors (Lipinski definition) is 0. The number of anilines is 3. The molecule has 1 aliphatic heterocycles. The molecule has 2 aliphatic rings. The van der Waals surface area contributed by atoms with Crippen molar-refractivity contribution in [3.05, 3.63) is 70.5 Å². The minimum Gasteiger partial charge on any atom is -0.545 e. The number of carbonyl (C=O) groups is 2. The van der Waals surface area contributed by atoms with Crippen LogP contribution in [-0.2, 0) is 19.3 Å². The van der Waals surface area contributed by atoms with Crippen molar-refractivity contribution in [2.24, 2.45) is 0 Å². The third kappa shape index (κ3) is 4.53. The summed E-state index contributed by atoms with van der Waals surface area (Å²) in [7, 11) is 1.75. The van der Waals surface area contributed by atoms with Gasteiger partial charge in [0.15, 0.2) is 5.82 Å². The van der Waals surface area contributed by atoms with Gasteiger partial charge < -0.3 is 24.4 Å². The van der Waals surface area contributed by atoms with Crippen LogP contribution in [0.1, 0.15) is 50.8 Å². The van der Waals surface area contributed by atoms with Crippen molar-refractivity contribution < 1.29 is 49.0 Å². The number of fused-ring (bicyclic) bond motifs is 3. The zero-order chi connectivity index (χ0) is 23.8. The van der Waals surface area contributed by atoms with Crippen LogP contribution in [0.15, 0.2) is 42.7 Å². The van der Waals surface area contributed by atoms with E-state index in [1.54, 1.807) is 36.5 Å². The summed E-state index contributed by atoms with van der Waals surface area (Å²) < 4.78 is 6.04. The van der Waals surface area contributed by atoms with Gasteiger partial charge in [-0.2, -0.15) is 0 Å². The van der Waals surface area contributed by atoms with E-state index < -0.39 is 5.97 Å². The molecule has 174 valence electrons. The van der Waals surface area contributed by atoms with Crippen LogP contribution in [0.2, 0.25) is 0 Å². The molecule has 0 radical (unpaired) electrons. The molecule has 1 amide bonds. The summed E-state index contributed by atoms with van der Waals surface area (Å²) in [5, 5.41) is 11.4. The van der Waals surface area contributed by atoms with Gasteiger partial charge in [-0.25, -0.2) is 9.97 Å². The number of carboxylic acids is 1. The fourth-order valence-electron chi connectivity index (χ4n) is 4.84. The van der Waals surface area contributed by atoms with Gasteiger partial charge in [-0.3, -0.25) is 4.79 Å². The molecule has 2 aromatic heterocycles. The Morgan fingerprint density at radius 3 is 2.71 bits per heavy atom. The summed E-state index contributed by atoms with van der Waals surface area (Å²) in [6, 6.07) is 8.86. The molecular weight excluding hydrogens is 455 g/mol. The summed E-state index contributed by atoms with van der Waals surface area (Å²) in [4.78, 5) is 37.4. The van der Waals surface area contributed by atoms with Gasteiger partial charge in [0.1, 0.15) is 11.6 Å². The minimum absolute atomic E-state index is 0. The maximum Gasteiger partial charge on any atom is 1.00 e. The zero-order valence-corrected chi connectivity index (χ0v) is 22.2. The second-order valence-corrected chi connectivity index (χ2v) is 8.48. The molecule has 0 atom stereocenters. The van der Waals surface area contributed by atoms with Gasteiger partial charge >= 0.3 is 29.6 Å². The summed E-state index contributed by atoms with van der Waals surface area (Å²) in [5.74, 6) is 0.740. The first-order valence-electron chi connectivity index (χ1n) is 11.5. The standard InChI is InChI=1S/C26H26N4O4.Na/c1-3-30-23-20(25(31)29(2)21-8-5-12-27-24(21)30)14-16(15-28-23)11-13-34-22-10-9-19(26(32)33)17-6-4-7-18(17)22;/h5,8-10,12,14-15H,3-4,6-7,11,13H2,1-2H3,(H,32,33);/q;+1/p-1. The van der Waals surface area contributed by atoms with Gasteiger partial charge in [0.2, 0.25) is 0 Å². The Morgan fingerprint density at radius 2 is 1.94 bits per heavy atom. The number of hydrogen-bond acceptors (Lipinski definition) is 7. The van der Waals surface area contributed by atoms with Crippen LogP contribution in [0.3, 0.4) is 0 Å². The predicted molar refractivity (Wildman–Crippen MR) is 126 cm³/mol. The van der Waals surface area contributed by atoms with Crippen LogP contribution >= 0.6 is 0 Å². The number of benzene rings is 1. The van der Waals surface area contributed by atoms with Gasteiger partial charge in [-0.15, -0.1) is 0 Å². The zero-order valence-electron chi connectivity index (χ0n) is 20.2. The molecule has 3 heterocycles. The average molecular weight is 481 g/mol. The van der Waals surface area contributed by atoms with E-state index in [4.69, 9.17) is 4.74 Å². The van der Waals surface area contributed by atoms with Crippen LogP contribution in [0.25, 0.3) is 0 Å². The summed E-state index contributed by atoms with van der Waals surface area (Å²) in [6.45, 7) is 3.02. The molecule has 8 nitrogen and oxygen atoms in total. The van der Waals surface area contributed by atoms with Gasteiger partial charge in [-0.05, 0) is 73.2 Å². The molecule has 0 N–H and O–H groups in total. The van der Waals surface area contributed by atoms with Crippen LogP contribution in [0, 0.1) is 0 Å². The Labute approximate surface area is 226 Å². The number of carbonyl (C=O) groups excluding carboxylic acids is 2. The number of nitrogens with zero attached hydrogens (tertiary/aromatic N) is 4. The van der Waals surface area contributed by atoms with E-state index in [2.05, 4.69) is 9.97 Å². The van der Waals surface area contributed by atoms with Crippen molar-refractivity contribution in [1.29, 1.82) is 0 Å². The van der Waals surface area contributed by atoms with Crippen molar-refractivity contribution in [3.63, 3.8) is 0 Å². The number of aromatic nitrogens is 2. The van der Waals surface area contributed by atoms with Gasteiger partial charge in [-0.1, -0.05) is 0 Å². The van der Waals surface area contributed by atoms with Crippen LogP contribution in [0.5, 0.6) is 5.75 Å². The topological polar surface area (TPSA) is 98.7 Å². The second kappa shape index (κ2) is 10.4. The molecule has 1 aliphatic carbocycles. The second-order valence-electron chi connectivity index (χ2n) is 8.48. The fraction of sp³-hybridized carbons (Fsp3) is 0.308. The molecule has 0 saturated carbocycles. The summed E-state index contributed by atoms with van der Waals surface area (Å²) in [5.41, 5.74) is 4.20. The van der Waals surface area contributed by atoms with E-state index in [1.165, 1.54) is 0 Å². The Morgan fingerprint density at radius 1 is 1.14 bits per heavy atom. The molecule has 9 heteroatoms. The van der Waals surface area contributed by atoms with E-state index in [9.17, 15) is 14.7 Å². The predicted octanol–water partition coefficient (Wildman–Crippen LogP) is -0.298. The van der Waals surface area contributed by atoms with Crippen molar-refractivity contribution >= 4 is 29.2 Å². The molecule has 0 saturated heterocycles. The van der Waals surface area contributed by atoms with Crippen LogP contribution in [0.4, 0.5) is 17.3 Å². The molecular formula is C26H25N4NaO4. The third-order valence-corrected chi connectivity index (χ3v) is 6.52. The third-order valence-electron chi connectivity index (χ3n) is 6.52. The Kier molecular flexibility index (Phi) is 7.44. The number of ether oxygens (including phenoxy) is 1. The van der Waals surface area contributed by atoms with Crippen molar-refractivity contribution in [3.8, 4) is 5.75 Å². The molecule has 0 spiro atoms. The molecule has 0 bridgehead atoms. The minimum atomic E-state index is -1.14. The maximum atomic E-state index is 13.3. The van der Waals surface area contributed by atoms with E-state index in [0.717, 1.165) is 47.4 Å². The summed E-state index contributed by atoms with van der Waals surface area (Å²) >= 11 is 0. The Hall–Kier alpha value is -2.94. The van der Waals surface area contributed by atoms with Crippen molar-refractivity contribution in [2.75, 3.05) is 30.0 Å². The van der Waals surface area contributed by atoms with Crippen molar-refractivity contribution in [1.82, 2.24) is 9.97 Å². The number of aromatic carboxylic acids is 1. The van der Waals surface area contributed by atoms with E-state index in [-0.39, 0.29) is 41.0 Å². The van der Waals surface area contributed by atoms with E-state index in [0.29, 0.717) is 36.8 Å². The van der Waals surface area contributed by atoms with Gasteiger partial charge in [0, 0.05) is 38.0 Å². The first-order chi connectivity index (χ1) is 16.5. The normalized spacial score (nSPS) is 13.9. The van der Waals surface area contributed by atoms with E-state index >= 15 is 0 Å². The van der Waals surface area contributed by atoms with Gasteiger partial charge in [0.25, 0.3) is 5.91 Å². The number of pyridine rings is 2. The molecule has 3 aromatic rings. The molecule has 0 unspecified atom stereocenters. The Balaban J connectivity index is 0.00000289. The number of rotatable bonds is 6. The van der Waals surface area contributed by atoms with Crippen molar-refractivity contribution in [2.45, 2.75) is 32.6 Å². The monoisotopic (exact) mass is 480 g/mol. The molecule has 35 heavy (non-hydrogen) atoms. The first-order valence-corrected chi connectivity index (χ1v) is 11.5. The first kappa shape index (κ1) is 25.2. The van der Waals surface area contributed by atoms with Gasteiger partial charge in [0.05, 0.1) is 23.8 Å². The molecule has 5 rings (SSSR count). The SMILES string of the molecule is CCN1c2ncc(CCOc3ccc(C(=O)[O-])c4c3CCC4)cc2C(=O)N(C)c2cccnc21.[Na+]. The van der Waals surface area contributed by atoms with Crippen LogP contribution in [-0.4, -0.2) is 42.0 Å². The fourth-order valence-corrected chi connectivity index (χ4v) is 4.84. The number of amides is 1. The quantitative estimate of drug-likeness (QED) is 0.447.